The number of methoxy groups -OCH3 is 1. The summed E-state index contributed by atoms with van der Waals surface area (Å²) < 4.78 is 27.9. The van der Waals surface area contributed by atoms with Crippen LogP contribution in [0.15, 0.2) is 23.1 Å². The van der Waals surface area contributed by atoms with Gasteiger partial charge in [0.2, 0.25) is 0 Å². The van der Waals surface area contributed by atoms with Crippen molar-refractivity contribution in [2.24, 2.45) is 5.92 Å². The molecule has 0 atom stereocenters. The van der Waals surface area contributed by atoms with Crippen LogP contribution < -0.4 is 4.74 Å². The number of rotatable bonds is 6. The SMILES string of the molecule is COc1ccc(S(=O)(=O)Cl)cc1C(=O)N(C)CCC(C)C. The molecule has 0 bridgehead atoms. The van der Waals surface area contributed by atoms with Crippen molar-refractivity contribution in [1.82, 2.24) is 4.90 Å². The summed E-state index contributed by atoms with van der Waals surface area (Å²) in [7, 11) is 4.53. The summed E-state index contributed by atoms with van der Waals surface area (Å²) in [5.41, 5.74) is 0.186. The van der Waals surface area contributed by atoms with Gasteiger partial charge in [-0.25, -0.2) is 8.42 Å². The van der Waals surface area contributed by atoms with Gasteiger partial charge in [0.25, 0.3) is 15.0 Å². The van der Waals surface area contributed by atoms with Gasteiger partial charge in [-0.15, -0.1) is 0 Å². The van der Waals surface area contributed by atoms with E-state index in [0.717, 1.165) is 6.42 Å². The standard InChI is InChI=1S/C14H20ClNO4S/c1-10(2)7-8-16(3)14(17)12-9-11(21(15,18)19)5-6-13(12)20-4/h5-6,9-10H,7-8H2,1-4H3. The van der Waals surface area contributed by atoms with E-state index < -0.39 is 9.05 Å². The third-order valence-corrected chi connectivity index (χ3v) is 4.42. The molecule has 7 heteroatoms. The zero-order valence-corrected chi connectivity index (χ0v) is 14.2. The summed E-state index contributed by atoms with van der Waals surface area (Å²) in [5, 5.41) is 0. The average molecular weight is 334 g/mol. The predicted molar refractivity (Wildman–Crippen MR) is 82.4 cm³/mol. The smallest absolute Gasteiger partial charge is 0.261 e. The molecule has 0 aliphatic heterocycles. The number of nitrogens with zero attached hydrogens (tertiary/aromatic N) is 1. The van der Waals surface area contributed by atoms with E-state index in [2.05, 4.69) is 13.8 Å². The van der Waals surface area contributed by atoms with Crippen molar-refractivity contribution in [1.29, 1.82) is 0 Å². The maximum absolute atomic E-state index is 12.4. The number of benzene rings is 1. The molecule has 0 saturated heterocycles. The molecule has 0 fully saturated rings. The van der Waals surface area contributed by atoms with E-state index in [4.69, 9.17) is 15.4 Å². The van der Waals surface area contributed by atoms with Crippen LogP contribution in [0.5, 0.6) is 5.75 Å². The first-order valence-corrected chi connectivity index (χ1v) is 8.86. The van der Waals surface area contributed by atoms with Crippen molar-refractivity contribution in [2.75, 3.05) is 20.7 Å². The Morgan fingerprint density at radius 2 is 2.00 bits per heavy atom. The van der Waals surface area contributed by atoms with Gasteiger partial charge in [0.05, 0.1) is 17.6 Å². The number of hydrogen-bond acceptors (Lipinski definition) is 4. The number of carbonyl (C=O) groups is 1. The Bertz CT molecular complexity index is 613. The van der Waals surface area contributed by atoms with E-state index in [1.165, 1.54) is 25.3 Å². The second-order valence-electron chi connectivity index (χ2n) is 5.21. The van der Waals surface area contributed by atoms with Crippen molar-refractivity contribution >= 4 is 25.6 Å². The second kappa shape index (κ2) is 7.13. The summed E-state index contributed by atoms with van der Waals surface area (Å²) >= 11 is 0. The Balaban J connectivity index is 3.12. The monoisotopic (exact) mass is 333 g/mol. The Kier molecular flexibility index (Phi) is 6.04. The summed E-state index contributed by atoms with van der Waals surface area (Å²) in [6.07, 6.45) is 0.859. The van der Waals surface area contributed by atoms with Crippen LogP contribution in [0.4, 0.5) is 0 Å². The lowest BCUT2D eigenvalue weighted by molar-refractivity contribution is 0.0785. The molecule has 1 aromatic rings. The molecule has 21 heavy (non-hydrogen) atoms. The molecule has 0 heterocycles. The fourth-order valence-corrected chi connectivity index (χ4v) is 2.54. The highest BCUT2D eigenvalue weighted by molar-refractivity contribution is 8.13. The summed E-state index contributed by atoms with van der Waals surface area (Å²) in [5.74, 6) is 0.492. The van der Waals surface area contributed by atoms with E-state index in [0.29, 0.717) is 18.2 Å². The normalized spacial score (nSPS) is 11.5. The molecule has 0 aromatic heterocycles. The first-order valence-electron chi connectivity index (χ1n) is 6.55. The molecular formula is C14H20ClNO4S. The molecule has 0 N–H and O–H groups in total. The molecule has 0 aliphatic rings. The molecule has 0 spiro atoms. The minimum absolute atomic E-state index is 0.120. The Morgan fingerprint density at radius 3 is 2.48 bits per heavy atom. The Morgan fingerprint density at radius 1 is 1.38 bits per heavy atom. The number of amides is 1. The molecule has 5 nitrogen and oxygen atoms in total. The molecule has 118 valence electrons. The van der Waals surface area contributed by atoms with Crippen LogP contribution in [0.2, 0.25) is 0 Å². The molecule has 0 saturated carbocycles. The van der Waals surface area contributed by atoms with Gasteiger partial charge in [0.15, 0.2) is 0 Å². The zero-order valence-electron chi connectivity index (χ0n) is 12.6. The summed E-state index contributed by atoms with van der Waals surface area (Å²) in [6, 6.07) is 3.99. The number of hydrogen-bond donors (Lipinski definition) is 0. The van der Waals surface area contributed by atoms with Crippen LogP contribution in [0.1, 0.15) is 30.6 Å². The Labute approximate surface area is 130 Å². The molecule has 1 rings (SSSR count). The highest BCUT2D eigenvalue weighted by Crippen LogP contribution is 2.25. The van der Waals surface area contributed by atoms with Gasteiger partial charge >= 0.3 is 0 Å². The van der Waals surface area contributed by atoms with Gasteiger partial charge in [-0.1, -0.05) is 13.8 Å². The number of carbonyl (C=O) groups excluding carboxylic acids is 1. The third-order valence-electron chi connectivity index (χ3n) is 3.07. The van der Waals surface area contributed by atoms with Crippen molar-refractivity contribution < 1.29 is 17.9 Å². The number of ether oxygens (including phenoxy) is 1. The van der Waals surface area contributed by atoms with E-state index in [1.54, 1.807) is 11.9 Å². The van der Waals surface area contributed by atoms with Gasteiger partial charge in [-0.05, 0) is 30.5 Å². The van der Waals surface area contributed by atoms with Crippen LogP contribution >= 0.6 is 10.7 Å². The maximum Gasteiger partial charge on any atom is 0.261 e. The molecule has 1 aromatic carbocycles. The van der Waals surface area contributed by atoms with E-state index in [9.17, 15) is 13.2 Å². The second-order valence-corrected chi connectivity index (χ2v) is 7.78. The largest absolute Gasteiger partial charge is 0.496 e. The quantitative estimate of drug-likeness (QED) is 0.751. The van der Waals surface area contributed by atoms with Crippen LogP contribution in [-0.2, 0) is 9.05 Å². The number of halogens is 1. The Hall–Kier alpha value is -1.27. The van der Waals surface area contributed by atoms with Gasteiger partial charge in [-0.2, -0.15) is 0 Å². The lowest BCUT2D eigenvalue weighted by Gasteiger charge is -2.20. The summed E-state index contributed by atoms with van der Waals surface area (Å²) in [4.78, 5) is 13.8. The zero-order chi connectivity index (χ0) is 16.2. The minimum atomic E-state index is -3.89. The van der Waals surface area contributed by atoms with Crippen LogP contribution in [-0.4, -0.2) is 39.9 Å². The molecule has 0 aliphatic carbocycles. The van der Waals surface area contributed by atoms with Crippen LogP contribution in [0, 0.1) is 5.92 Å². The highest BCUT2D eigenvalue weighted by atomic mass is 35.7. The minimum Gasteiger partial charge on any atom is -0.496 e. The third kappa shape index (κ3) is 4.89. The average Bonchev–Trinajstić information content (AvgIpc) is 2.42. The topological polar surface area (TPSA) is 63.7 Å². The fraction of sp³-hybridized carbons (Fsp3) is 0.500. The van der Waals surface area contributed by atoms with E-state index in [1.807, 2.05) is 0 Å². The van der Waals surface area contributed by atoms with Gasteiger partial charge in [0, 0.05) is 24.3 Å². The molecule has 0 radical (unpaired) electrons. The highest BCUT2D eigenvalue weighted by Gasteiger charge is 2.20. The van der Waals surface area contributed by atoms with Crippen molar-refractivity contribution in [3.05, 3.63) is 23.8 Å². The van der Waals surface area contributed by atoms with Gasteiger partial charge in [0.1, 0.15) is 5.75 Å². The van der Waals surface area contributed by atoms with E-state index in [-0.39, 0.29) is 16.4 Å². The summed E-state index contributed by atoms with van der Waals surface area (Å²) in [6.45, 7) is 4.72. The lowest BCUT2D eigenvalue weighted by atomic mass is 10.1. The lowest BCUT2D eigenvalue weighted by Crippen LogP contribution is -2.29. The van der Waals surface area contributed by atoms with Gasteiger partial charge < -0.3 is 9.64 Å². The van der Waals surface area contributed by atoms with Gasteiger partial charge in [-0.3, -0.25) is 4.79 Å². The van der Waals surface area contributed by atoms with Crippen LogP contribution in [0.25, 0.3) is 0 Å². The van der Waals surface area contributed by atoms with E-state index >= 15 is 0 Å². The first kappa shape index (κ1) is 17.8. The molecular weight excluding hydrogens is 314 g/mol. The molecule has 1 amide bonds. The van der Waals surface area contributed by atoms with Crippen molar-refractivity contribution in [3.63, 3.8) is 0 Å². The predicted octanol–water partition coefficient (Wildman–Crippen LogP) is 2.74. The van der Waals surface area contributed by atoms with Crippen molar-refractivity contribution in [3.8, 4) is 5.75 Å². The fourth-order valence-electron chi connectivity index (χ4n) is 1.76. The van der Waals surface area contributed by atoms with Crippen LogP contribution in [0.3, 0.4) is 0 Å². The first-order chi connectivity index (χ1) is 9.66. The van der Waals surface area contributed by atoms with Crippen molar-refractivity contribution in [2.45, 2.75) is 25.2 Å². The molecule has 0 unspecified atom stereocenters. The maximum atomic E-state index is 12.4.